The van der Waals surface area contributed by atoms with Crippen molar-refractivity contribution in [3.8, 4) is 5.75 Å². The lowest BCUT2D eigenvalue weighted by atomic mass is 10.1. The quantitative estimate of drug-likeness (QED) is 0.843. The second-order valence-electron chi connectivity index (χ2n) is 4.80. The normalized spacial score (nSPS) is 11.6. The first kappa shape index (κ1) is 16.6. The molecule has 0 atom stereocenters. The number of alkyl halides is 3. The van der Waals surface area contributed by atoms with E-state index in [4.69, 9.17) is 0 Å². The summed E-state index contributed by atoms with van der Waals surface area (Å²) in [4.78, 5) is 11.7. The first-order chi connectivity index (χ1) is 10.9. The van der Waals surface area contributed by atoms with Crippen LogP contribution in [0.4, 0.5) is 13.2 Å². The molecule has 6 heteroatoms. The van der Waals surface area contributed by atoms with E-state index in [9.17, 15) is 23.1 Å². The van der Waals surface area contributed by atoms with Crippen molar-refractivity contribution < 1.29 is 23.1 Å². The highest BCUT2D eigenvalue weighted by Gasteiger charge is 2.29. The van der Waals surface area contributed by atoms with Crippen molar-refractivity contribution >= 4 is 12.0 Å². The van der Waals surface area contributed by atoms with Crippen LogP contribution in [0.15, 0.2) is 54.6 Å². The van der Waals surface area contributed by atoms with E-state index in [0.717, 1.165) is 12.1 Å². The summed E-state index contributed by atoms with van der Waals surface area (Å²) in [6.45, 7) is 0.113. The summed E-state index contributed by atoms with van der Waals surface area (Å²) < 4.78 is 37.3. The van der Waals surface area contributed by atoms with E-state index in [2.05, 4.69) is 5.32 Å². The van der Waals surface area contributed by atoms with Gasteiger partial charge in [0.2, 0.25) is 5.91 Å². The number of carbonyl (C=O) groups is 1. The number of benzene rings is 2. The Morgan fingerprint density at radius 3 is 2.35 bits per heavy atom. The van der Waals surface area contributed by atoms with Gasteiger partial charge in [0, 0.05) is 18.2 Å². The number of amides is 1. The number of phenolic OH excluding ortho intramolecular Hbond substituents is 1. The molecule has 0 saturated carbocycles. The summed E-state index contributed by atoms with van der Waals surface area (Å²) in [6.07, 6.45) is -1.67. The van der Waals surface area contributed by atoms with Gasteiger partial charge in [-0.2, -0.15) is 13.2 Å². The fourth-order valence-corrected chi connectivity index (χ4v) is 1.85. The molecule has 2 N–H and O–H groups in total. The van der Waals surface area contributed by atoms with Crippen LogP contribution in [0.5, 0.6) is 5.75 Å². The largest absolute Gasteiger partial charge is 0.507 e. The third kappa shape index (κ3) is 4.88. The van der Waals surface area contributed by atoms with Crippen molar-refractivity contribution in [2.24, 2.45) is 0 Å². The second-order valence-corrected chi connectivity index (χ2v) is 4.80. The number of hydrogen-bond donors (Lipinski definition) is 2. The Morgan fingerprint density at radius 1 is 1.09 bits per heavy atom. The average molecular weight is 321 g/mol. The van der Waals surface area contributed by atoms with Crippen molar-refractivity contribution in [2.45, 2.75) is 12.7 Å². The average Bonchev–Trinajstić information content (AvgIpc) is 2.51. The van der Waals surface area contributed by atoms with E-state index in [0.29, 0.717) is 11.1 Å². The topological polar surface area (TPSA) is 49.3 Å². The number of halogens is 3. The van der Waals surface area contributed by atoms with Crippen molar-refractivity contribution in [1.29, 1.82) is 0 Å². The lowest BCUT2D eigenvalue weighted by molar-refractivity contribution is -0.137. The van der Waals surface area contributed by atoms with Crippen molar-refractivity contribution in [3.63, 3.8) is 0 Å². The minimum Gasteiger partial charge on any atom is -0.507 e. The van der Waals surface area contributed by atoms with Crippen molar-refractivity contribution in [1.82, 2.24) is 5.32 Å². The minimum atomic E-state index is -4.37. The Hall–Kier alpha value is -2.76. The Kier molecular flexibility index (Phi) is 5.05. The first-order valence-corrected chi connectivity index (χ1v) is 6.76. The lowest BCUT2D eigenvalue weighted by Gasteiger charge is -2.08. The van der Waals surface area contributed by atoms with Crippen LogP contribution in [0, 0.1) is 0 Å². The van der Waals surface area contributed by atoms with E-state index in [1.165, 1.54) is 30.4 Å². The Bertz CT molecular complexity index is 707. The van der Waals surface area contributed by atoms with Gasteiger partial charge in [-0.05, 0) is 29.8 Å². The minimum absolute atomic E-state index is 0.0549. The predicted molar refractivity (Wildman–Crippen MR) is 80.4 cm³/mol. The summed E-state index contributed by atoms with van der Waals surface area (Å²) in [5.74, 6) is -0.354. The maximum atomic E-state index is 12.4. The van der Waals surface area contributed by atoms with Gasteiger partial charge in [0.25, 0.3) is 0 Å². The third-order valence-corrected chi connectivity index (χ3v) is 3.10. The summed E-state index contributed by atoms with van der Waals surface area (Å²) in [5.41, 5.74) is 0.325. The van der Waals surface area contributed by atoms with Crippen LogP contribution in [-0.4, -0.2) is 11.0 Å². The van der Waals surface area contributed by atoms with Gasteiger partial charge < -0.3 is 10.4 Å². The molecule has 1 amide bonds. The standard InChI is InChI=1S/C17H14F3NO2/c18-17(19,20)14-8-5-12(6-9-14)11-21-16(23)10-7-13-3-1-2-4-15(13)22/h1-10,22H,11H2,(H,21,23). The number of phenols is 1. The summed E-state index contributed by atoms with van der Waals surface area (Å²) in [6, 6.07) is 11.1. The number of carbonyl (C=O) groups excluding carboxylic acids is 1. The number of aromatic hydroxyl groups is 1. The van der Waals surface area contributed by atoms with E-state index in [1.54, 1.807) is 18.2 Å². The molecule has 0 bridgehead atoms. The number of hydrogen-bond acceptors (Lipinski definition) is 2. The SMILES string of the molecule is O=C(C=Cc1ccccc1O)NCc1ccc(C(F)(F)F)cc1. The van der Waals surface area contributed by atoms with Crippen LogP contribution in [0.25, 0.3) is 6.08 Å². The van der Waals surface area contributed by atoms with Gasteiger partial charge in [-0.25, -0.2) is 0 Å². The van der Waals surface area contributed by atoms with Crippen LogP contribution in [-0.2, 0) is 17.5 Å². The number of rotatable bonds is 4. The zero-order chi connectivity index (χ0) is 16.9. The van der Waals surface area contributed by atoms with Gasteiger partial charge in [0.15, 0.2) is 0 Å². The molecule has 2 rings (SSSR count). The van der Waals surface area contributed by atoms with E-state index in [-0.39, 0.29) is 12.3 Å². The fourth-order valence-electron chi connectivity index (χ4n) is 1.85. The molecule has 0 aliphatic heterocycles. The Balaban J connectivity index is 1.91. The number of para-hydroxylation sites is 1. The molecule has 0 aliphatic carbocycles. The van der Waals surface area contributed by atoms with Crippen LogP contribution >= 0.6 is 0 Å². The Labute approximate surface area is 131 Å². The predicted octanol–water partition coefficient (Wildman–Crippen LogP) is 3.74. The molecule has 0 radical (unpaired) electrons. The molecule has 0 unspecified atom stereocenters. The summed E-state index contributed by atoms with van der Waals surface area (Å²) >= 11 is 0. The fraction of sp³-hybridized carbons (Fsp3) is 0.118. The van der Waals surface area contributed by atoms with Crippen LogP contribution in [0.1, 0.15) is 16.7 Å². The van der Waals surface area contributed by atoms with Gasteiger partial charge in [-0.1, -0.05) is 30.3 Å². The molecular formula is C17H14F3NO2. The molecule has 0 aliphatic rings. The van der Waals surface area contributed by atoms with Crippen LogP contribution in [0.3, 0.4) is 0 Å². The zero-order valence-corrected chi connectivity index (χ0v) is 12.0. The van der Waals surface area contributed by atoms with Crippen LogP contribution < -0.4 is 5.32 Å². The molecule has 0 heterocycles. The van der Waals surface area contributed by atoms with Crippen LogP contribution in [0.2, 0.25) is 0 Å². The summed E-state index contributed by atoms with van der Waals surface area (Å²) in [7, 11) is 0. The smallest absolute Gasteiger partial charge is 0.416 e. The molecule has 2 aromatic carbocycles. The third-order valence-electron chi connectivity index (χ3n) is 3.10. The first-order valence-electron chi connectivity index (χ1n) is 6.76. The van der Waals surface area contributed by atoms with Gasteiger partial charge in [0.05, 0.1) is 5.56 Å². The molecule has 0 aromatic heterocycles. The lowest BCUT2D eigenvalue weighted by Crippen LogP contribution is -2.20. The summed E-state index contributed by atoms with van der Waals surface area (Å²) in [5, 5.41) is 12.1. The second kappa shape index (κ2) is 7.00. The van der Waals surface area contributed by atoms with Gasteiger partial charge >= 0.3 is 6.18 Å². The highest BCUT2D eigenvalue weighted by atomic mass is 19.4. The monoisotopic (exact) mass is 321 g/mol. The molecule has 23 heavy (non-hydrogen) atoms. The van der Waals surface area contributed by atoms with Gasteiger partial charge in [0.1, 0.15) is 5.75 Å². The molecule has 0 saturated heterocycles. The maximum absolute atomic E-state index is 12.4. The van der Waals surface area contributed by atoms with E-state index >= 15 is 0 Å². The molecule has 2 aromatic rings. The highest BCUT2D eigenvalue weighted by Crippen LogP contribution is 2.29. The highest BCUT2D eigenvalue weighted by molar-refractivity contribution is 5.92. The zero-order valence-electron chi connectivity index (χ0n) is 12.0. The molecule has 0 fully saturated rings. The van der Waals surface area contributed by atoms with E-state index in [1.807, 2.05) is 0 Å². The van der Waals surface area contributed by atoms with Gasteiger partial charge in [-0.3, -0.25) is 4.79 Å². The van der Waals surface area contributed by atoms with E-state index < -0.39 is 17.6 Å². The molecular weight excluding hydrogens is 307 g/mol. The molecule has 3 nitrogen and oxygen atoms in total. The van der Waals surface area contributed by atoms with Crippen molar-refractivity contribution in [2.75, 3.05) is 0 Å². The van der Waals surface area contributed by atoms with Gasteiger partial charge in [-0.15, -0.1) is 0 Å². The van der Waals surface area contributed by atoms with Crippen molar-refractivity contribution in [3.05, 3.63) is 71.3 Å². The number of nitrogens with one attached hydrogen (secondary N) is 1. The maximum Gasteiger partial charge on any atom is 0.416 e. The Morgan fingerprint density at radius 2 is 1.74 bits per heavy atom. The molecule has 120 valence electrons. The molecule has 0 spiro atoms.